The van der Waals surface area contributed by atoms with E-state index in [0.717, 1.165) is 12.3 Å². The SMILES string of the molecule is C=C(C)C(=O)O.O=C(O)c1ccnc([N+](=O)[O-])c1. The number of aliphatic carboxylic acids is 1. The first-order valence-electron chi connectivity index (χ1n) is 4.48. The number of nitrogens with zero attached hydrogens (tertiary/aromatic N) is 2. The third kappa shape index (κ3) is 5.35. The summed E-state index contributed by atoms with van der Waals surface area (Å²) in [4.78, 5) is 32.7. The molecule has 0 aliphatic rings. The zero-order valence-electron chi connectivity index (χ0n) is 9.36. The predicted octanol–water partition coefficient (Wildman–Crippen LogP) is 1.34. The number of hydrogen-bond acceptors (Lipinski definition) is 5. The van der Waals surface area contributed by atoms with Crippen LogP contribution in [0.25, 0.3) is 0 Å². The minimum atomic E-state index is -1.21. The fourth-order valence-corrected chi connectivity index (χ4v) is 0.651. The van der Waals surface area contributed by atoms with Crippen molar-refractivity contribution in [3.05, 3.63) is 46.2 Å². The number of aromatic nitrogens is 1. The normalized spacial score (nSPS) is 8.72. The second-order valence-electron chi connectivity index (χ2n) is 3.05. The monoisotopic (exact) mass is 254 g/mol. The summed E-state index contributed by atoms with van der Waals surface area (Å²) < 4.78 is 0. The number of aromatic carboxylic acids is 1. The molecule has 0 bridgehead atoms. The highest BCUT2D eigenvalue weighted by molar-refractivity contribution is 5.87. The molecule has 1 aromatic rings. The Morgan fingerprint density at radius 1 is 1.44 bits per heavy atom. The molecule has 1 rings (SSSR count). The van der Waals surface area contributed by atoms with Crippen LogP contribution in [-0.4, -0.2) is 32.1 Å². The zero-order chi connectivity index (χ0) is 14.3. The summed E-state index contributed by atoms with van der Waals surface area (Å²) in [7, 11) is 0. The number of nitro groups is 1. The van der Waals surface area contributed by atoms with Gasteiger partial charge < -0.3 is 20.3 Å². The molecule has 0 saturated carbocycles. The fourth-order valence-electron chi connectivity index (χ4n) is 0.651. The number of carbonyl (C=O) groups is 2. The van der Waals surface area contributed by atoms with E-state index in [1.54, 1.807) is 0 Å². The van der Waals surface area contributed by atoms with Gasteiger partial charge in [0.15, 0.2) is 0 Å². The molecular formula is C10H10N2O6. The van der Waals surface area contributed by atoms with Crippen molar-refractivity contribution >= 4 is 17.8 Å². The van der Waals surface area contributed by atoms with Crippen molar-refractivity contribution in [2.24, 2.45) is 0 Å². The van der Waals surface area contributed by atoms with Crippen LogP contribution in [0.2, 0.25) is 0 Å². The van der Waals surface area contributed by atoms with Gasteiger partial charge in [-0.25, -0.2) is 9.59 Å². The van der Waals surface area contributed by atoms with Gasteiger partial charge in [-0.15, -0.1) is 0 Å². The molecular weight excluding hydrogens is 244 g/mol. The molecule has 96 valence electrons. The zero-order valence-corrected chi connectivity index (χ0v) is 9.36. The number of pyridine rings is 1. The molecule has 0 aliphatic carbocycles. The molecule has 18 heavy (non-hydrogen) atoms. The Kier molecular flexibility index (Phi) is 5.70. The molecule has 0 atom stereocenters. The van der Waals surface area contributed by atoms with E-state index < -0.39 is 22.7 Å². The summed E-state index contributed by atoms with van der Waals surface area (Å²) in [5, 5.41) is 26.5. The highest BCUT2D eigenvalue weighted by atomic mass is 16.6. The summed E-state index contributed by atoms with van der Waals surface area (Å²) in [5.41, 5.74) is 0.0340. The highest BCUT2D eigenvalue weighted by Crippen LogP contribution is 2.08. The van der Waals surface area contributed by atoms with Gasteiger partial charge in [0, 0.05) is 5.57 Å². The molecule has 0 radical (unpaired) electrons. The summed E-state index contributed by atoms with van der Waals surface area (Å²) in [6, 6.07) is 2.09. The van der Waals surface area contributed by atoms with Crippen molar-refractivity contribution < 1.29 is 24.7 Å². The number of rotatable bonds is 3. The smallest absolute Gasteiger partial charge is 0.364 e. The van der Waals surface area contributed by atoms with Crippen LogP contribution < -0.4 is 0 Å². The molecule has 0 spiro atoms. The molecule has 0 fully saturated rings. The van der Waals surface area contributed by atoms with Crippen molar-refractivity contribution in [3.8, 4) is 0 Å². The lowest BCUT2D eigenvalue weighted by Crippen LogP contribution is -1.99. The minimum absolute atomic E-state index is 0.142. The Bertz CT molecular complexity index is 456. The lowest BCUT2D eigenvalue weighted by Gasteiger charge is -1.92. The molecule has 0 unspecified atom stereocenters. The Balaban J connectivity index is 0.000000411. The van der Waals surface area contributed by atoms with Gasteiger partial charge in [0.1, 0.15) is 6.20 Å². The van der Waals surface area contributed by atoms with Crippen molar-refractivity contribution in [2.45, 2.75) is 6.92 Å². The van der Waals surface area contributed by atoms with Crippen LogP contribution in [0.4, 0.5) is 5.82 Å². The number of hydrogen-bond donors (Lipinski definition) is 2. The van der Waals surface area contributed by atoms with Gasteiger partial charge in [-0.2, -0.15) is 0 Å². The van der Waals surface area contributed by atoms with Gasteiger partial charge >= 0.3 is 17.8 Å². The predicted molar refractivity (Wildman–Crippen MR) is 60.3 cm³/mol. The molecule has 8 heteroatoms. The van der Waals surface area contributed by atoms with Crippen LogP contribution in [0.15, 0.2) is 30.5 Å². The molecule has 2 N–H and O–H groups in total. The number of carboxylic acids is 2. The molecule has 0 saturated heterocycles. The maximum Gasteiger partial charge on any atom is 0.364 e. The second kappa shape index (κ2) is 6.74. The molecule has 0 amide bonds. The van der Waals surface area contributed by atoms with E-state index in [-0.39, 0.29) is 11.1 Å². The standard InChI is InChI=1S/C6H4N2O4.C4H6O2/c9-6(10)4-1-2-7-5(3-4)8(11)12;1-3(2)4(5)6/h1-3H,(H,9,10);1H2,2H3,(H,5,6). The van der Waals surface area contributed by atoms with Crippen LogP contribution in [-0.2, 0) is 4.79 Å². The highest BCUT2D eigenvalue weighted by Gasteiger charge is 2.10. The summed E-state index contributed by atoms with van der Waals surface area (Å²) >= 11 is 0. The minimum Gasteiger partial charge on any atom is -0.478 e. The largest absolute Gasteiger partial charge is 0.478 e. The van der Waals surface area contributed by atoms with E-state index in [9.17, 15) is 19.7 Å². The Hall–Kier alpha value is -2.77. The summed E-state index contributed by atoms with van der Waals surface area (Å²) in [5.74, 6) is -2.61. The van der Waals surface area contributed by atoms with E-state index in [4.69, 9.17) is 10.2 Å². The summed E-state index contributed by atoms with van der Waals surface area (Å²) in [6.07, 6.45) is 1.08. The quantitative estimate of drug-likeness (QED) is 0.472. The van der Waals surface area contributed by atoms with Crippen LogP contribution in [0.5, 0.6) is 0 Å². The van der Waals surface area contributed by atoms with Gasteiger partial charge in [0.2, 0.25) is 0 Å². The molecule has 1 aromatic heterocycles. The molecule has 8 nitrogen and oxygen atoms in total. The van der Waals surface area contributed by atoms with E-state index >= 15 is 0 Å². The van der Waals surface area contributed by atoms with Crippen LogP contribution in [0.3, 0.4) is 0 Å². The number of carboxylic acid groups (broad SMARTS) is 2. The molecule has 0 aromatic carbocycles. The average Bonchev–Trinajstić information content (AvgIpc) is 2.29. The second-order valence-corrected chi connectivity index (χ2v) is 3.05. The van der Waals surface area contributed by atoms with Gasteiger partial charge in [-0.05, 0) is 22.9 Å². The van der Waals surface area contributed by atoms with Gasteiger partial charge in [0.05, 0.1) is 11.6 Å². The first-order valence-corrected chi connectivity index (χ1v) is 4.48. The Morgan fingerprint density at radius 3 is 2.28 bits per heavy atom. The first kappa shape index (κ1) is 15.2. The van der Waals surface area contributed by atoms with Gasteiger partial charge in [-0.1, -0.05) is 6.58 Å². The maximum absolute atomic E-state index is 10.3. The summed E-state index contributed by atoms with van der Waals surface area (Å²) in [6.45, 7) is 4.60. The Labute approximate surface area is 101 Å². The van der Waals surface area contributed by atoms with E-state index in [1.807, 2.05) is 0 Å². The first-order chi connectivity index (χ1) is 8.25. The van der Waals surface area contributed by atoms with Crippen LogP contribution in [0, 0.1) is 10.1 Å². The van der Waals surface area contributed by atoms with Gasteiger partial charge in [-0.3, -0.25) is 0 Å². The van der Waals surface area contributed by atoms with E-state index in [0.29, 0.717) is 0 Å². The lowest BCUT2D eigenvalue weighted by molar-refractivity contribution is -0.389. The molecule has 1 heterocycles. The molecule has 0 aliphatic heterocycles. The Morgan fingerprint density at radius 2 is 1.94 bits per heavy atom. The fraction of sp³-hybridized carbons (Fsp3) is 0.100. The topological polar surface area (TPSA) is 131 Å². The van der Waals surface area contributed by atoms with Gasteiger partial charge in [0.25, 0.3) is 0 Å². The van der Waals surface area contributed by atoms with E-state index in [1.165, 1.54) is 13.0 Å². The van der Waals surface area contributed by atoms with E-state index in [2.05, 4.69) is 11.6 Å². The van der Waals surface area contributed by atoms with Crippen LogP contribution >= 0.6 is 0 Å². The van der Waals surface area contributed by atoms with Crippen molar-refractivity contribution in [1.82, 2.24) is 4.98 Å². The van der Waals surface area contributed by atoms with Crippen molar-refractivity contribution in [2.75, 3.05) is 0 Å². The lowest BCUT2D eigenvalue weighted by atomic mass is 10.3. The third-order valence-corrected chi connectivity index (χ3v) is 1.54. The average molecular weight is 254 g/mol. The van der Waals surface area contributed by atoms with Crippen molar-refractivity contribution in [1.29, 1.82) is 0 Å². The van der Waals surface area contributed by atoms with Crippen LogP contribution in [0.1, 0.15) is 17.3 Å². The van der Waals surface area contributed by atoms with Crippen molar-refractivity contribution in [3.63, 3.8) is 0 Å². The maximum atomic E-state index is 10.3. The third-order valence-electron chi connectivity index (χ3n) is 1.54.